The van der Waals surface area contributed by atoms with Crippen LogP contribution < -0.4 is 0 Å². The summed E-state index contributed by atoms with van der Waals surface area (Å²) in [6, 6.07) is 0. The molecule has 3 N–H and O–H groups in total. The van der Waals surface area contributed by atoms with E-state index in [2.05, 4.69) is 64.2 Å². The Balaban J connectivity index is 5.31. The molecule has 564 valence electrons. The van der Waals surface area contributed by atoms with Crippen LogP contribution in [0.25, 0.3) is 0 Å². The summed E-state index contributed by atoms with van der Waals surface area (Å²) in [5.74, 6) is -2.16. The van der Waals surface area contributed by atoms with E-state index in [1.54, 1.807) is 0 Å². The highest BCUT2D eigenvalue weighted by Crippen LogP contribution is 2.45. The lowest BCUT2D eigenvalue weighted by molar-refractivity contribution is -0.161. The average molecular weight is 1400 g/mol. The molecule has 0 rings (SSSR count). The van der Waals surface area contributed by atoms with Crippen LogP contribution in [0.5, 0.6) is 0 Å². The Labute approximate surface area is 585 Å². The van der Waals surface area contributed by atoms with Crippen molar-refractivity contribution in [3.05, 3.63) is 36.5 Å². The van der Waals surface area contributed by atoms with Gasteiger partial charge in [0.05, 0.1) is 26.4 Å². The number of hydrogen-bond acceptors (Lipinski definition) is 15. The average Bonchev–Trinajstić information content (AvgIpc) is 1.36. The zero-order valence-corrected chi connectivity index (χ0v) is 63.4. The SMILES string of the molecule is CCCCCC/C=C\CCCCCCCCCC(=O)OC[C@H](COP(=O)(O)OC[C@@H](O)COP(=O)(O)OC[C@@H](COC(=O)CCCCCCC/C=C\CCCCCC)OC(=O)CCCCCCCCCCCCCCC)OC(=O)CCCCCCC/C=C\CCCCCCCC. The number of carbonyl (C=O) groups is 4. The van der Waals surface area contributed by atoms with E-state index >= 15 is 0 Å². The summed E-state index contributed by atoms with van der Waals surface area (Å²) < 4.78 is 68.5. The Hall–Kier alpha value is -2.72. The fourth-order valence-electron chi connectivity index (χ4n) is 11.0. The number of carbonyl (C=O) groups excluding carboxylic acids is 4. The summed E-state index contributed by atoms with van der Waals surface area (Å²) >= 11 is 0. The molecule has 0 aliphatic carbocycles. The predicted molar refractivity (Wildman–Crippen MR) is 391 cm³/mol. The van der Waals surface area contributed by atoms with Crippen molar-refractivity contribution in [3.63, 3.8) is 0 Å². The Morgan fingerprint density at radius 2 is 0.479 bits per heavy atom. The fraction of sp³-hybridized carbons (Fsp3) is 0.870. The minimum Gasteiger partial charge on any atom is -0.462 e. The molecule has 5 atom stereocenters. The maximum absolute atomic E-state index is 13.1. The van der Waals surface area contributed by atoms with Crippen LogP contribution in [-0.4, -0.2) is 96.7 Å². The lowest BCUT2D eigenvalue weighted by atomic mass is 10.0. The first kappa shape index (κ1) is 93.3. The van der Waals surface area contributed by atoms with Crippen molar-refractivity contribution in [2.24, 2.45) is 0 Å². The molecule has 0 bridgehead atoms. The molecule has 0 saturated heterocycles. The van der Waals surface area contributed by atoms with Crippen molar-refractivity contribution >= 4 is 39.5 Å². The van der Waals surface area contributed by atoms with Gasteiger partial charge in [0.15, 0.2) is 12.2 Å². The van der Waals surface area contributed by atoms with E-state index in [1.807, 2.05) is 0 Å². The molecule has 2 unspecified atom stereocenters. The van der Waals surface area contributed by atoms with Gasteiger partial charge in [-0.25, -0.2) is 9.13 Å². The number of phosphoric ester groups is 2. The minimum absolute atomic E-state index is 0.0906. The third kappa shape index (κ3) is 69.7. The maximum Gasteiger partial charge on any atom is 0.472 e. The number of esters is 4. The van der Waals surface area contributed by atoms with Crippen LogP contribution in [0.2, 0.25) is 0 Å². The van der Waals surface area contributed by atoms with E-state index in [4.69, 9.17) is 37.0 Å². The standard InChI is InChI=1S/C77H144O17P2/c1-5-9-13-17-21-25-29-33-35-39-42-46-50-54-58-62-75(80)88-68-73(94-77(82)64-60-56-52-48-44-40-36-34-30-26-22-18-14-10-6-2)70-92-96(85,86)90-66-71(78)65-89-95(83,84)91-69-72(93-76(81)63-59-55-51-47-43-38-32-28-24-20-16-12-8-4)67-87-74(79)61-57-53-49-45-41-37-31-27-23-19-15-11-7-3/h25,27,29,31,34,36,71-73,78H,5-24,26,28,30,32-33,35,37-70H2,1-4H3,(H,83,84)(H,85,86)/b29-25-,31-27-,36-34-/t71-,72+,73+/m0/s1. The van der Waals surface area contributed by atoms with E-state index in [0.29, 0.717) is 25.7 Å². The molecule has 0 radical (unpaired) electrons. The quantitative estimate of drug-likeness (QED) is 0.0169. The van der Waals surface area contributed by atoms with E-state index in [9.17, 15) is 43.2 Å². The van der Waals surface area contributed by atoms with Crippen molar-refractivity contribution in [1.82, 2.24) is 0 Å². The predicted octanol–water partition coefficient (Wildman–Crippen LogP) is 22.3. The summed E-state index contributed by atoms with van der Waals surface area (Å²) in [6.45, 7) is 4.90. The summed E-state index contributed by atoms with van der Waals surface area (Å²) in [5.41, 5.74) is 0. The van der Waals surface area contributed by atoms with Gasteiger partial charge in [0.1, 0.15) is 19.3 Å². The Kier molecular flexibility index (Phi) is 68.7. The fourth-order valence-corrected chi connectivity index (χ4v) is 12.6. The summed E-state index contributed by atoms with van der Waals surface area (Å²) in [4.78, 5) is 72.8. The second-order valence-electron chi connectivity index (χ2n) is 26.7. The topological polar surface area (TPSA) is 237 Å². The highest BCUT2D eigenvalue weighted by molar-refractivity contribution is 7.47. The van der Waals surface area contributed by atoms with Crippen molar-refractivity contribution < 1.29 is 80.2 Å². The van der Waals surface area contributed by atoms with Gasteiger partial charge < -0.3 is 33.8 Å². The van der Waals surface area contributed by atoms with Gasteiger partial charge in [-0.15, -0.1) is 0 Å². The van der Waals surface area contributed by atoms with Crippen LogP contribution in [-0.2, 0) is 65.4 Å². The molecule has 0 aliphatic heterocycles. The number of rotatable bonds is 75. The molecule has 19 heteroatoms. The molecular formula is C77H144O17P2. The summed E-state index contributed by atoms with van der Waals surface area (Å²) in [6.07, 6.45) is 65.5. The second kappa shape index (κ2) is 70.7. The van der Waals surface area contributed by atoms with Gasteiger partial charge in [-0.3, -0.25) is 37.3 Å². The van der Waals surface area contributed by atoms with Crippen molar-refractivity contribution in [3.8, 4) is 0 Å². The van der Waals surface area contributed by atoms with Crippen LogP contribution >= 0.6 is 15.6 Å². The van der Waals surface area contributed by atoms with Gasteiger partial charge in [0.2, 0.25) is 0 Å². The van der Waals surface area contributed by atoms with Crippen LogP contribution in [0.1, 0.15) is 374 Å². The molecule has 96 heavy (non-hydrogen) atoms. The van der Waals surface area contributed by atoms with Gasteiger partial charge in [-0.2, -0.15) is 0 Å². The number of ether oxygens (including phenoxy) is 4. The number of phosphoric acid groups is 2. The van der Waals surface area contributed by atoms with Crippen LogP contribution in [0.15, 0.2) is 36.5 Å². The number of hydrogen-bond donors (Lipinski definition) is 3. The molecule has 0 aromatic carbocycles. The molecule has 0 saturated carbocycles. The van der Waals surface area contributed by atoms with Crippen molar-refractivity contribution in [2.45, 2.75) is 393 Å². The second-order valence-corrected chi connectivity index (χ2v) is 29.6. The summed E-state index contributed by atoms with van der Waals surface area (Å²) in [7, 11) is -9.93. The van der Waals surface area contributed by atoms with Gasteiger partial charge in [0.25, 0.3) is 0 Å². The number of aliphatic hydroxyl groups is 1. The first-order valence-corrected chi connectivity index (χ1v) is 42.2. The molecule has 0 aromatic heterocycles. The van der Waals surface area contributed by atoms with Crippen molar-refractivity contribution in [1.29, 1.82) is 0 Å². The molecule has 0 heterocycles. The first-order valence-electron chi connectivity index (χ1n) is 39.2. The lowest BCUT2D eigenvalue weighted by Gasteiger charge is -2.21. The van der Waals surface area contributed by atoms with E-state index in [-0.39, 0.29) is 25.7 Å². The largest absolute Gasteiger partial charge is 0.472 e. The Bertz CT molecular complexity index is 1970. The first-order chi connectivity index (χ1) is 46.7. The highest BCUT2D eigenvalue weighted by Gasteiger charge is 2.30. The van der Waals surface area contributed by atoms with Gasteiger partial charge in [-0.1, -0.05) is 282 Å². The number of allylic oxidation sites excluding steroid dienone is 6. The third-order valence-corrected chi connectivity index (χ3v) is 19.0. The normalized spacial score (nSPS) is 14.1. The van der Waals surface area contributed by atoms with E-state index in [0.717, 1.165) is 141 Å². The molecule has 0 fully saturated rings. The number of aliphatic hydroxyl groups excluding tert-OH is 1. The van der Waals surface area contributed by atoms with Gasteiger partial charge in [-0.05, 0) is 103 Å². The van der Waals surface area contributed by atoms with E-state index < -0.39 is 97.5 Å². The maximum atomic E-state index is 13.1. The van der Waals surface area contributed by atoms with E-state index in [1.165, 1.54) is 154 Å². The van der Waals surface area contributed by atoms with Gasteiger partial charge >= 0.3 is 39.5 Å². The monoisotopic (exact) mass is 1400 g/mol. The zero-order chi connectivity index (χ0) is 70.4. The van der Waals surface area contributed by atoms with Gasteiger partial charge in [0, 0.05) is 25.7 Å². The van der Waals surface area contributed by atoms with Crippen molar-refractivity contribution in [2.75, 3.05) is 39.6 Å². The van der Waals surface area contributed by atoms with Crippen LogP contribution in [0.4, 0.5) is 0 Å². The lowest BCUT2D eigenvalue weighted by Crippen LogP contribution is -2.30. The molecule has 0 amide bonds. The molecule has 17 nitrogen and oxygen atoms in total. The molecule has 0 aliphatic rings. The van der Waals surface area contributed by atoms with Crippen LogP contribution in [0, 0.1) is 0 Å². The Morgan fingerprint density at radius 1 is 0.281 bits per heavy atom. The summed E-state index contributed by atoms with van der Waals surface area (Å²) in [5, 5.41) is 10.6. The minimum atomic E-state index is -4.97. The highest BCUT2D eigenvalue weighted by atomic mass is 31.2. The molecule has 0 spiro atoms. The van der Waals surface area contributed by atoms with Crippen LogP contribution in [0.3, 0.4) is 0 Å². The third-order valence-electron chi connectivity index (χ3n) is 17.1. The molecular weight excluding hydrogens is 1260 g/mol. The molecule has 0 aromatic rings. The zero-order valence-electron chi connectivity index (χ0n) is 61.6. The Morgan fingerprint density at radius 3 is 0.729 bits per heavy atom. The number of unbranched alkanes of at least 4 members (excludes halogenated alkanes) is 43. The smallest absolute Gasteiger partial charge is 0.462 e.